The van der Waals surface area contributed by atoms with E-state index in [1.807, 2.05) is 30.3 Å². The summed E-state index contributed by atoms with van der Waals surface area (Å²) in [4.78, 5) is 28.9. The predicted octanol–water partition coefficient (Wildman–Crippen LogP) is 3.02. The van der Waals surface area contributed by atoms with Gasteiger partial charge in [-0.15, -0.1) is 0 Å². The Morgan fingerprint density at radius 1 is 1.07 bits per heavy atom. The average molecular weight is 395 g/mol. The lowest BCUT2D eigenvalue weighted by molar-refractivity contribution is -0.140. The van der Waals surface area contributed by atoms with Crippen LogP contribution in [0.1, 0.15) is 36.5 Å². The third kappa shape index (κ3) is 3.97. The van der Waals surface area contributed by atoms with Gasteiger partial charge in [0.2, 0.25) is 11.8 Å². The second-order valence-corrected chi connectivity index (χ2v) is 7.79. The summed E-state index contributed by atoms with van der Waals surface area (Å²) in [7, 11) is 0. The molecule has 1 N–H and O–H groups in total. The van der Waals surface area contributed by atoms with E-state index >= 15 is 0 Å². The van der Waals surface area contributed by atoms with Gasteiger partial charge in [-0.25, -0.2) is 4.39 Å². The van der Waals surface area contributed by atoms with Gasteiger partial charge in [0, 0.05) is 50.8 Å². The third-order valence-corrected chi connectivity index (χ3v) is 5.94. The molecule has 0 spiro atoms. The average Bonchev–Trinajstić information content (AvgIpc) is 3.26. The van der Waals surface area contributed by atoms with Crippen molar-refractivity contribution in [3.05, 3.63) is 65.0 Å². The van der Waals surface area contributed by atoms with E-state index in [4.69, 9.17) is 0 Å². The molecule has 0 bridgehead atoms. The molecule has 29 heavy (non-hydrogen) atoms. The van der Waals surface area contributed by atoms with Crippen LogP contribution in [-0.2, 0) is 29.1 Å². The lowest BCUT2D eigenvalue weighted by Crippen LogP contribution is -2.51. The van der Waals surface area contributed by atoms with Crippen molar-refractivity contribution in [2.24, 2.45) is 0 Å². The van der Waals surface area contributed by atoms with Gasteiger partial charge >= 0.3 is 0 Å². The second-order valence-electron chi connectivity index (χ2n) is 7.79. The van der Waals surface area contributed by atoms with Gasteiger partial charge in [0.25, 0.3) is 0 Å². The van der Waals surface area contributed by atoms with Crippen molar-refractivity contribution in [1.82, 2.24) is 10.2 Å². The van der Waals surface area contributed by atoms with Crippen molar-refractivity contribution in [2.45, 2.75) is 45.3 Å². The quantitative estimate of drug-likeness (QED) is 0.866. The van der Waals surface area contributed by atoms with Crippen molar-refractivity contribution in [3.63, 3.8) is 0 Å². The van der Waals surface area contributed by atoms with Gasteiger partial charge in [-0.3, -0.25) is 9.59 Å². The van der Waals surface area contributed by atoms with Crippen LogP contribution in [0.5, 0.6) is 0 Å². The molecule has 5 nitrogen and oxygen atoms in total. The molecule has 152 valence electrons. The molecule has 1 unspecified atom stereocenters. The molecule has 2 aliphatic heterocycles. The number of nitrogens with one attached hydrogen (secondary N) is 1. The van der Waals surface area contributed by atoms with Crippen LogP contribution < -0.4 is 10.2 Å². The molecule has 1 saturated heterocycles. The van der Waals surface area contributed by atoms with Crippen LogP contribution in [-0.4, -0.2) is 35.8 Å². The van der Waals surface area contributed by atoms with E-state index in [0.29, 0.717) is 18.5 Å². The van der Waals surface area contributed by atoms with Crippen LogP contribution in [0.15, 0.2) is 42.5 Å². The smallest absolute Gasteiger partial charge is 0.243 e. The fourth-order valence-electron chi connectivity index (χ4n) is 4.36. The number of benzene rings is 2. The fraction of sp³-hybridized carbons (Fsp3) is 0.391. The van der Waals surface area contributed by atoms with E-state index in [1.54, 1.807) is 11.0 Å². The van der Waals surface area contributed by atoms with Crippen LogP contribution in [0.25, 0.3) is 0 Å². The van der Waals surface area contributed by atoms with Gasteiger partial charge < -0.3 is 15.1 Å². The number of fused-ring (bicyclic) bond motifs is 1. The van der Waals surface area contributed by atoms with E-state index in [2.05, 4.69) is 10.2 Å². The predicted molar refractivity (Wildman–Crippen MR) is 110 cm³/mol. The highest BCUT2D eigenvalue weighted by molar-refractivity contribution is 5.87. The van der Waals surface area contributed by atoms with Gasteiger partial charge in [-0.2, -0.15) is 0 Å². The van der Waals surface area contributed by atoms with E-state index in [1.165, 1.54) is 13.0 Å². The molecular formula is C23H26FN3O2. The van der Waals surface area contributed by atoms with E-state index in [0.717, 1.165) is 42.7 Å². The Hall–Kier alpha value is -2.89. The van der Waals surface area contributed by atoms with Crippen LogP contribution in [0.4, 0.5) is 10.1 Å². The minimum atomic E-state index is -0.579. The number of anilines is 1. The highest BCUT2D eigenvalue weighted by Gasteiger charge is 2.33. The number of carbonyl (C=O) groups excluding carboxylic acids is 2. The Bertz CT molecular complexity index is 924. The number of amides is 2. The summed E-state index contributed by atoms with van der Waals surface area (Å²) in [5.41, 5.74) is 3.50. The fourth-order valence-corrected chi connectivity index (χ4v) is 4.36. The SMILES string of the molecule is CC(=O)N1Cc2ccccc2CC1C(=O)NCc1c(F)cccc1N1CCCC1. The minimum Gasteiger partial charge on any atom is -0.371 e. The van der Waals surface area contributed by atoms with Gasteiger partial charge in [0.1, 0.15) is 11.9 Å². The molecule has 0 aliphatic carbocycles. The van der Waals surface area contributed by atoms with Gasteiger partial charge in [0.15, 0.2) is 0 Å². The van der Waals surface area contributed by atoms with Crippen molar-refractivity contribution >= 4 is 17.5 Å². The summed E-state index contributed by atoms with van der Waals surface area (Å²) >= 11 is 0. The van der Waals surface area contributed by atoms with Gasteiger partial charge in [0.05, 0.1) is 0 Å². The number of carbonyl (C=O) groups is 2. The number of rotatable bonds is 4. The number of halogens is 1. The number of nitrogens with zero attached hydrogens (tertiary/aromatic N) is 2. The van der Waals surface area contributed by atoms with Crippen LogP contribution in [0.2, 0.25) is 0 Å². The maximum Gasteiger partial charge on any atom is 0.243 e. The summed E-state index contributed by atoms with van der Waals surface area (Å²) in [6, 6.07) is 12.3. The minimum absolute atomic E-state index is 0.112. The Kier molecular flexibility index (Phi) is 5.51. The Balaban J connectivity index is 1.52. The summed E-state index contributed by atoms with van der Waals surface area (Å²) in [6.07, 6.45) is 2.66. The molecule has 2 aromatic rings. The molecule has 0 radical (unpaired) electrons. The van der Waals surface area contributed by atoms with Crippen molar-refractivity contribution in [1.29, 1.82) is 0 Å². The Labute approximate surface area is 170 Å². The Morgan fingerprint density at radius 2 is 1.79 bits per heavy atom. The molecule has 1 fully saturated rings. The normalized spacial score (nSPS) is 18.5. The Morgan fingerprint density at radius 3 is 2.52 bits per heavy atom. The highest BCUT2D eigenvalue weighted by Crippen LogP contribution is 2.27. The summed E-state index contributed by atoms with van der Waals surface area (Å²) < 4.78 is 14.6. The third-order valence-electron chi connectivity index (χ3n) is 5.94. The first-order chi connectivity index (χ1) is 14.0. The lowest BCUT2D eigenvalue weighted by Gasteiger charge is -2.35. The van der Waals surface area contributed by atoms with Crippen molar-refractivity contribution in [3.8, 4) is 0 Å². The molecule has 2 amide bonds. The molecule has 2 aromatic carbocycles. The van der Waals surface area contributed by atoms with Gasteiger partial charge in [-0.05, 0) is 36.1 Å². The number of hydrogen-bond donors (Lipinski definition) is 1. The first kappa shape index (κ1) is 19.4. The largest absolute Gasteiger partial charge is 0.371 e. The maximum absolute atomic E-state index is 14.6. The van der Waals surface area contributed by atoms with Crippen LogP contribution >= 0.6 is 0 Å². The molecule has 4 rings (SSSR count). The van der Waals surface area contributed by atoms with Crippen molar-refractivity contribution in [2.75, 3.05) is 18.0 Å². The van der Waals surface area contributed by atoms with E-state index in [9.17, 15) is 14.0 Å². The van der Waals surface area contributed by atoms with E-state index < -0.39 is 6.04 Å². The standard InChI is InChI=1S/C23H26FN3O2/c1-16(28)27-15-18-8-3-2-7-17(18)13-22(27)23(29)25-14-19-20(24)9-6-10-21(19)26-11-4-5-12-26/h2-3,6-10,22H,4-5,11-15H2,1H3,(H,25,29). The zero-order chi connectivity index (χ0) is 20.4. The zero-order valence-corrected chi connectivity index (χ0v) is 16.7. The van der Waals surface area contributed by atoms with E-state index in [-0.39, 0.29) is 24.2 Å². The summed E-state index contributed by atoms with van der Waals surface area (Å²) in [5.74, 6) is -0.694. The van der Waals surface area contributed by atoms with Gasteiger partial charge in [-0.1, -0.05) is 30.3 Å². The first-order valence-corrected chi connectivity index (χ1v) is 10.2. The zero-order valence-electron chi connectivity index (χ0n) is 16.7. The molecule has 2 heterocycles. The summed E-state index contributed by atoms with van der Waals surface area (Å²) in [6.45, 7) is 3.82. The first-order valence-electron chi connectivity index (χ1n) is 10.2. The number of hydrogen-bond acceptors (Lipinski definition) is 3. The lowest BCUT2D eigenvalue weighted by atomic mass is 9.93. The van der Waals surface area contributed by atoms with Crippen LogP contribution in [0.3, 0.4) is 0 Å². The highest BCUT2D eigenvalue weighted by atomic mass is 19.1. The topological polar surface area (TPSA) is 52.7 Å². The molecule has 0 aromatic heterocycles. The summed E-state index contributed by atoms with van der Waals surface area (Å²) in [5, 5.41) is 2.89. The molecular weight excluding hydrogens is 369 g/mol. The maximum atomic E-state index is 14.6. The molecule has 0 saturated carbocycles. The monoisotopic (exact) mass is 395 g/mol. The van der Waals surface area contributed by atoms with Crippen LogP contribution in [0, 0.1) is 5.82 Å². The molecule has 2 aliphatic rings. The molecule has 1 atom stereocenters. The van der Waals surface area contributed by atoms with Crippen molar-refractivity contribution < 1.29 is 14.0 Å². The molecule has 6 heteroatoms. The second kappa shape index (κ2) is 8.23.